The van der Waals surface area contributed by atoms with Gasteiger partial charge in [-0.05, 0) is 81.8 Å². The van der Waals surface area contributed by atoms with Crippen LogP contribution in [0.3, 0.4) is 0 Å². The minimum absolute atomic E-state index is 0.229. The number of sulfonamides is 1. The molecule has 0 aliphatic carbocycles. The van der Waals surface area contributed by atoms with Gasteiger partial charge in [-0.3, -0.25) is 0 Å². The zero-order valence-electron chi connectivity index (χ0n) is 16.7. The molecule has 0 radical (unpaired) electrons. The first kappa shape index (κ1) is 20.6. The highest BCUT2D eigenvalue weighted by Gasteiger charge is 2.28. The molecule has 1 aromatic carbocycles. The van der Waals surface area contributed by atoms with Gasteiger partial charge in [0.05, 0.1) is 7.11 Å². The second-order valence-corrected chi connectivity index (χ2v) is 9.50. The molecule has 1 aromatic rings. The Balaban J connectivity index is 1.56. The third kappa shape index (κ3) is 5.02. The average molecular weight is 397 g/mol. The van der Waals surface area contributed by atoms with Gasteiger partial charge in [0, 0.05) is 25.8 Å². The van der Waals surface area contributed by atoms with Crippen molar-refractivity contribution in [2.45, 2.75) is 50.5 Å². The quantitative estimate of drug-likeness (QED) is 0.800. The van der Waals surface area contributed by atoms with E-state index in [1.165, 1.54) is 7.11 Å². The van der Waals surface area contributed by atoms with Crippen molar-refractivity contribution >= 4 is 10.0 Å². The largest absolute Gasteiger partial charge is 0.495 e. The number of methoxy groups -OCH3 is 1. The SMILES string of the molecule is COc1cc(C)c(C)cc1S(=O)(=O)NCC1CCN(C2CCOCC2)CC1. The number of aryl methyl sites for hydroxylation is 2. The number of nitrogens with one attached hydrogen (secondary N) is 1. The van der Waals surface area contributed by atoms with E-state index in [0.717, 1.165) is 63.1 Å². The number of ether oxygens (including phenoxy) is 2. The molecule has 1 N–H and O–H groups in total. The summed E-state index contributed by atoms with van der Waals surface area (Å²) < 4.78 is 39.2. The topological polar surface area (TPSA) is 67.9 Å². The Labute approximate surface area is 163 Å². The third-order valence-corrected chi connectivity index (χ3v) is 7.43. The molecule has 6 nitrogen and oxygen atoms in total. The Morgan fingerprint density at radius 3 is 2.37 bits per heavy atom. The van der Waals surface area contributed by atoms with Crippen molar-refractivity contribution in [2.75, 3.05) is 40.0 Å². The first-order valence-corrected chi connectivity index (χ1v) is 11.4. The molecule has 2 saturated heterocycles. The van der Waals surface area contributed by atoms with Crippen molar-refractivity contribution in [3.8, 4) is 5.75 Å². The van der Waals surface area contributed by atoms with Crippen molar-refractivity contribution in [3.05, 3.63) is 23.3 Å². The summed E-state index contributed by atoms with van der Waals surface area (Å²) >= 11 is 0. The third-order valence-electron chi connectivity index (χ3n) is 5.99. The second-order valence-electron chi connectivity index (χ2n) is 7.76. The summed E-state index contributed by atoms with van der Waals surface area (Å²) in [6.07, 6.45) is 4.29. The van der Waals surface area contributed by atoms with Gasteiger partial charge in [0.2, 0.25) is 10.0 Å². The zero-order chi connectivity index (χ0) is 19.4. The highest BCUT2D eigenvalue weighted by molar-refractivity contribution is 7.89. The smallest absolute Gasteiger partial charge is 0.244 e. The van der Waals surface area contributed by atoms with E-state index >= 15 is 0 Å². The van der Waals surface area contributed by atoms with Crippen LogP contribution >= 0.6 is 0 Å². The van der Waals surface area contributed by atoms with E-state index in [1.54, 1.807) is 12.1 Å². The van der Waals surface area contributed by atoms with E-state index in [-0.39, 0.29) is 4.90 Å². The molecule has 3 rings (SSSR count). The van der Waals surface area contributed by atoms with Crippen LogP contribution < -0.4 is 9.46 Å². The van der Waals surface area contributed by atoms with Crippen molar-refractivity contribution in [1.29, 1.82) is 0 Å². The molecular weight excluding hydrogens is 364 g/mol. The molecule has 0 bridgehead atoms. The van der Waals surface area contributed by atoms with Crippen LogP contribution in [0.1, 0.15) is 36.8 Å². The van der Waals surface area contributed by atoms with E-state index in [9.17, 15) is 8.42 Å². The fourth-order valence-corrected chi connectivity index (χ4v) is 5.36. The Morgan fingerprint density at radius 2 is 1.74 bits per heavy atom. The van der Waals surface area contributed by atoms with E-state index < -0.39 is 10.0 Å². The number of rotatable bonds is 6. The minimum Gasteiger partial charge on any atom is -0.495 e. The first-order chi connectivity index (χ1) is 12.9. The molecule has 0 atom stereocenters. The van der Waals surface area contributed by atoms with E-state index in [2.05, 4.69) is 9.62 Å². The standard InChI is InChI=1S/C20H32N2O4S/c1-15-12-19(25-3)20(13-16(15)2)27(23,24)21-14-17-4-8-22(9-5-17)18-6-10-26-11-7-18/h12-13,17-18,21H,4-11,14H2,1-3H3. The maximum atomic E-state index is 12.8. The molecule has 2 heterocycles. The molecule has 0 amide bonds. The van der Waals surface area contributed by atoms with Gasteiger partial charge in [-0.1, -0.05) is 0 Å². The normalized spacial score (nSPS) is 20.7. The van der Waals surface area contributed by atoms with Gasteiger partial charge in [-0.25, -0.2) is 13.1 Å². The van der Waals surface area contributed by atoms with Crippen molar-refractivity contribution in [2.24, 2.45) is 5.92 Å². The van der Waals surface area contributed by atoms with Gasteiger partial charge in [0.15, 0.2) is 0 Å². The summed E-state index contributed by atoms with van der Waals surface area (Å²) in [7, 11) is -2.07. The van der Waals surface area contributed by atoms with Crippen LogP contribution in [0.2, 0.25) is 0 Å². The van der Waals surface area contributed by atoms with Crippen LogP contribution in [0.15, 0.2) is 17.0 Å². The van der Waals surface area contributed by atoms with Gasteiger partial charge < -0.3 is 14.4 Å². The van der Waals surface area contributed by atoms with Crippen LogP contribution in [0.5, 0.6) is 5.75 Å². The second kappa shape index (κ2) is 8.90. The summed E-state index contributed by atoms with van der Waals surface area (Å²) in [6, 6.07) is 4.12. The van der Waals surface area contributed by atoms with E-state index in [1.807, 2.05) is 13.8 Å². The van der Waals surface area contributed by atoms with Crippen LogP contribution in [-0.2, 0) is 14.8 Å². The zero-order valence-corrected chi connectivity index (χ0v) is 17.5. The lowest BCUT2D eigenvalue weighted by Crippen LogP contribution is -2.45. The molecule has 0 spiro atoms. The Morgan fingerprint density at radius 1 is 1.11 bits per heavy atom. The molecule has 0 unspecified atom stereocenters. The summed E-state index contributed by atoms with van der Waals surface area (Å²) in [5.74, 6) is 0.786. The predicted octanol–water partition coefficient (Wildman–Crippen LogP) is 2.48. The fourth-order valence-electron chi connectivity index (χ4n) is 4.01. The molecular formula is C20H32N2O4S. The van der Waals surface area contributed by atoms with Crippen molar-refractivity contribution in [1.82, 2.24) is 9.62 Å². The van der Waals surface area contributed by atoms with Crippen LogP contribution in [0, 0.1) is 19.8 Å². The molecule has 2 aliphatic heterocycles. The number of nitrogens with zero attached hydrogens (tertiary/aromatic N) is 1. The van der Waals surface area contributed by atoms with Crippen LogP contribution in [-0.4, -0.2) is 59.3 Å². The number of hydrogen-bond acceptors (Lipinski definition) is 5. The van der Waals surface area contributed by atoms with Gasteiger partial charge in [0.1, 0.15) is 10.6 Å². The van der Waals surface area contributed by atoms with Gasteiger partial charge in [-0.2, -0.15) is 0 Å². The summed E-state index contributed by atoms with van der Waals surface area (Å²) in [5, 5.41) is 0. The van der Waals surface area contributed by atoms with Crippen LogP contribution in [0.4, 0.5) is 0 Å². The van der Waals surface area contributed by atoms with Gasteiger partial charge in [0.25, 0.3) is 0 Å². The van der Waals surface area contributed by atoms with Gasteiger partial charge in [-0.15, -0.1) is 0 Å². The monoisotopic (exact) mass is 396 g/mol. The lowest BCUT2D eigenvalue weighted by Gasteiger charge is -2.39. The summed E-state index contributed by atoms with van der Waals surface area (Å²) in [6.45, 7) is 8.17. The number of benzene rings is 1. The van der Waals surface area contributed by atoms with Crippen molar-refractivity contribution in [3.63, 3.8) is 0 Å². The highest BCUT2D eigenvalue weighted by Crippen LogP contribution is 2.28. The number of piperidine rings is 1. The summed E-state index contributed by atoms with van der Waals surface area (Å²) in [5.41, 5.74) is 1.97. The molecule has 0 saturated carbocycles. The Bertz CT molecular complexity index is 737. The minimum atomic E-state index is -3.58. The van der Waals surface area contributed by atoms with Crippen molar-refractivity contribution < 1.29 is 17.9 Å². The lowest BCUT2D eigenvalue weighted by molar-refractivity contribution is 0.0214. The maximum absolute atomic E-state index is 12.8. The average Bonchev–Trinajstić information content (AvgIpc) is 2.69. The highest BCUT2D eigenvalue weighted by atomic mass is 32.2. The van der Waals surface area contributed by atoms with Crippen LogP contribution in [0.25, 0.3) is 0 Å². The Hall–Kier alpha value is -1.15. The number of hydrogen-bond donors (Lipinski definition) is 1. The van der Waals surface area contributed by atoms with Gasteiger partial charge >= 0.3 is 0 Å². The lowest BCUT2D eigenvalue weighted by atomic mass is 9.94. The first-order valence-electron chi connectivity index (χ1n) is 9.87. The molecule has 152 valence electrons. The maximum Gasteiger partial charge on any atom is 0.244 e. The molecule has 27 heavy (non-hydrogen) atoms. The molecule has 7 heteroatoms. The molecule has 0 aromatic heterocycles. The fraction of sp³-hybridized carbons (Fsp3) is 0.700. The number of likely N-dealkylation sites (tertiary alicyclic amines) is 1. The Kier molecular flexibility index (Phi) is 6.78. The summed E-state index contributed by atoms with van der Waals surface area (Å²) in [4.78, 5) is 2.78. The van der Waals surface area contributed by atoms with E-state index in [0.29, 0.717) is 24.3 Å². The molecule has 2 aliphatic rings. The molecule has 2 fully saturated rings. The van der Waals surface area contributed by atoms with E-state index in [4.69, 9.17) is 9.47 Å². The predicted molar refractivity (Wildman–Crippen MR) is 106 cm³/mol.